The summed E-state index contributed by atoms with van der Waals surface area (Å²) in [4.78, 5) is 29.5. The number of benzene rings is 1. The van der Waals surface area contributed by atoms with Crippen molar-refractivity contribution >= 4 is 22.3 Å². The van der Waals surface area contributed by atoms with Crippen LogP contribution in [0.15, 0.2) is 34.6 Å². The zero-order chi connectivity index (χ0) is 19.7. The molecule has 0 fully saturated rings. The zero-order valence-corrected chi connectivity index (χ0v) is 16.5. The molecule has 3 aromatic rings. The Morgan fingerprint density at radius 1 is 1.22 bits per heavy atom. The van der Waals surface area contributed by atoms with Gasteiger partial charge in [-0.15, -0.1) is 11.3 Å². The lowest BCUT2D eigenvalue weighted by Gasteiger charge is -2.16. The molecule has 0 aliphatic carbocycles. The van der Waals surface area contributed by atoms with Gasteiger partial charge in [-0.25, -0.2) is 9.78 Å². The third kappa shape index (κ3) is 3.88. The number of hydrogen-bond donors (Lipinski definition) is 1. The number of phenols is 1. The number of carbonyl (C=O) groups is 1. The molecule has 0 aliphatic rings. The molecule has 0 saturated carbocycles. The molecule has 6 nitrogen and oxygen atoms in total. The van der Waals surface area contributed by atoms with Gasteiger partial charge in [-0.3, -0.25) is 9.20 Å². The number of esters is 1. The molecule has 0 saturated heterocycles. The molecule has 1 aromatic carbocycles. The molecule has 3 rings (SSSR count). The summed E-state index contributed by atoms with van der Waals surface area (Å²) in [6, 6.07) is 4.94. The van der Waals surface area contributed by atoms with Gasteiger partial charge in [-0.2, -0.15) is 0 Å². The SMILES string of the molecule is CC(C)c1cc(C(=O)OCc2cc(=O)n3ccsc3n2)c(O)c(C(C)C)c1. The number of carbonyl (C=O) groups excluding carboxylic acids is 1. The molecule has 0 spiro atoms. The van der Waals surface area contributed by atoms with Gasteiger partial charge < -0.3 is 9.84 Å². The maximum Gasteiger partial charge on any atom is 0.342 e. The van der Waals surface area contributed by atoms with E-state index in [9.17, 15) is 14.7 Å². The van der Waals surface area contributed by atoms with Gasteiger partial charge in [0.05, 0.1) is 5.69 Å². The fourth-order valence-electron chi connectivity index (χ4n) is 2.79. The van der Waals surface area contributed by atoms with Crippen LogP contribution in [-0.2, 0) is 11.3 Å². The van der Waals surface area contributed by atoms with E-state index >= 15 is 0 Å². The van der Waals surface area contributed by atoms with Crippen LogP contribution in [0.1, 0.15) is 66.7 Å². The highest BCUT2D eigenvalue weighted by Gasteiger charge is 2.20. The van der Waals surface area contributed by atoms with E-state index in [1.807, 2.05) is 33.8 Å². The molecule has 0 unspecified atom stereocenters. The summed E-state index contributed by atoms with van der Waals surface area (Å²) in [7, 11) is 0. The van der Waals surface area contributed by atoms with Crippen LogP contribution in [-0.4, -0.2) is 20.5 Å². The molecule has 2 heterocycles. The molecular weight excluding hydrogens is 364 g/mol. The molecule has 0 bridgehead atoms. The lowest BCUT2D eigenvalue weighted by Crippen LogP contribution is -2.15. The second-order valence-electron chi connectivity index (χ2n) is 7.03. The van der Waals surface area contributed by atoms with Crippen molar-refractivity contribution in [1.82, 2.24) is 9.38 Å². The van der Waals surface area contributed by atoms with Gasteiger partial charge in [-0.1, -0.05) is 33.8 Å². The Bertz CT molecular complexity index is 1050. The van der Waals surface area contributed by atoms with E-state index in [2.05, 4.69) is 4.98 Å². The first-order valence-corrected chi connectivity index (χ1v) is 9.65. The fourth-order valence-corrected chi connectivity index (χ4v) is 3.53. The first-order valence-electron chi connectivity index (χ1n) is 8.77. The Morgan fingerprint density at radius 3 is 2.63 bits per heavy atom. The highest BCUT2D eigenvalue weighted by molar-refractivity contribution is 7.15. The van der Waals surface area contributed by atoms with Gasteiger partial charge in [0, 0.05) is 17.6 Å². The van der Waals surface area contributed by atoms with Crippen LogP contribution in [0.4, 0.5) is 0 Å². The summed E-state index contributed by atoms with van der Waals surface area (Å²) in [6.07, 6.45) is 1.65. The van der Waals surface area contributed by atoms with E-state index in [-0.39, 0.29) is 35.3 Å². The smallest absolute Gasteiger partial charge is 0.342 e. The minimum Gasteiger partial charge on any atom is -0.507 e. The van der Waals surface area contributed by atoms with Gasteiger partial charge in [0.2, 0.25) is 0 Å². The Labute approximate surface area is 161 Å². The number of nitrogens with zero attached hydrogens (tertiary/aromatic N) is 2. The van der Waals surface area contributed by atoms with E-state index in [4.69, 9.17) is 4.74 Å². The quantitative estimate of drug-likeness (QED) is 0.669. The van der Waals surface area contributed by atoms with Crippen LogP contribution in [0.25, 0.3) is 4.96 Å². The van der Waals surface area contributed by atoms with Crippen LogP contribution < -0.4 is 5.56 Å². The van der Waals surface area contributed by atoms with Crippen molar-refractivity contribution in [1.29, 1.82) is 0 Å². The van der Waals surface area contributed by atoms with Gasteiger partial charge in [0.1, 0.15) is 17.9 Å². The fraction of sp³-hybridized carbons (Fsp3) is 0.350. The monoisotopic (exact) mass is 386 g/mol. The Kier molecular flexibility index (Phi) is 5.32. The summed E-state index contributed by atoms with van der Waals surface area (Å²) >= 11 is 1.33. The van der Waals surface area contributed by atoms with Crippen molar-refractivity contribution in [2.75, 3.05) is 0 Å². The zero-order valence-electron chi connectivity index (χ0n) is 15.7. The molecule has 0 radical (unpaired) electrons. The molecule has 7 heteroatoms. The molecule has 0 amide bonds. The number of rotatable bonds is 5. The van der Waals surface area contributed by atoms with E-state index in [1.165, 1.54) is 21.8 Å². The van der Waals surface area contributed by atoms with Crippen LogP contribution in [0, 0.1) is 0 Å². The average Bonchev–Trinajstić information content (AvgIpc) is 3.08. The van der Waals surface area contributed by atoms with E-state index < -0.39 is 5.97 Å². The number of phenolic OH excluding ortho intramolecular Hbond substituents is 1. The number of hydrogen-bond acceptors (Lipinski definition) is 6. The molecule has 0 atom stereocenters. The number of aromatic nitrogens is 2. The summed E-state index contributed by atoms with van der Waals surface area (Å²) < 4.78 is 6.77. The summed E-state index contributed by atoms with van der Waals surface area (Å²) in [6.45, 7) is 7.84. The molecule has 27 heavy (non-hydrogen) atoms. The van der Waals surface area contributed by atoms with Crippen molar-refractivity contribution in [2.45, 2.75) is 46.1 Å². The Morgan fingerprint density at radius 2 is 1.96 bits per heavy atom. The summed E-state index contributed by atoms with van der Waals surface area (Å²) in [5, 5.41) is 12.3. The molecule has 0 aliphatic heterocycles. The summed E-state index contributed by atoms with van der Waals surface area (Å²) in [5.41, 5.74) is 1.96. The lowest BCUT2D eigenvalue weighted by molar-refractivity contribution is 0.0464. The maximum atomic E-state index is 12.6. The normalized spacial score (nSPS) is 11.5. The van der Waals surface area contributed by atoms with Crippen LogP contribution >= 0.6 is 11.3 Å². The number of fused-ring (bicyclic) bond motifs is 1. The largest absolute Gasteiger partial charge is 0.507 e. The highest BCUT2D eigenvalue weighted by atomic mass is 32.1. The second kappa shape index (κ2) is 7.52. The van der Waals surface area contributed by atoms with Crippen molar-refractivity contribution in [3.8, 4) is 5.75 Å². The predicted molar refractivity (Wildman–Crippen MR) is 105 cm³/mol. The van der Waals surface area contributed by atoms with Crippen LogP contribution in [0.5, 0.6) is 5.75 Å². The third-order valence-corrected chi connectivity index (χ3v) is 5.13. The standard InChI is InChI=1S/C20H22N2O4S/c1-11(2)13-7-15(12(3)4)18(24)16(8-13)19(25)26-10-14-9-17(23)22-5-6-27-20(22)21-14/h5-9,11-12,24H,10H2,1-4H3. The minimum absolute atomic E-state index is 0.0545. The maximum absolute atomic E-state index is 12.6. The van der Waals surface area contributed by atoms with E-state index in [0.29, 0.717) is 16.2 Å². The Hall–Kier alpha value is -2.67. The highest BCUT2D eigenvalue weighted by Crippen LogP contribution is 2.33. The van der Waals surface area contributed by atoms with Gasteiger partial charge in [-0.05, 0) is 29.0 Å². The minimum atomic E-state index is -0.634. The third-order valence-electron chi connectivity index (χ3n) is 4.38. The van der Waals surface area contributed by atoms with E-state index in [1.54, 1.807) is 17.6 Å². The predicted octanol–water partition coefficient (Wildman–Crippen LogP) is 4.07. The second-order valence-corrected chi connectivity index (χ2v) is 7.91. The van der Waals surface area contributed by atoms with Gasteiger partial charge in [0.15, 0.2) is 4.96 Å². The topological polar surface area (TPSA) is 80.9 Å². The molecule has 1 N–H and O–H groups in total. The molecule has 2 aromatic heterocycles. The number of aromatic hydroxyl groups is 1. The Balaban J connectivity index is 1.87. The number of thiazole rings is 1. The average molecular weight is 386 g/mol. The van der Waals surface area contributed by atoms with Crippen molar-refractivity contribution < 1.29 is 14.6 Å². The van der Waals surface area contributed by atoms with Gasteiger partial charge in [0.25, 0.3) is 5.56 Å². The first kappa shape index (κ1) is 19.1. The molecule has 142 valence electrons. The lowest BCUT2D eigenvalue weighted by atomic mass is 9.92. The van der Waals surface area contributed by atoms with Gasteiger partial charge >= 0.3 is 5.97 Å². The summed E-state index contributed by atoms with van der Waals surface area (Å²) in [5.74, 6) is -0.415. The molecular formula is C20H22N2O4S. The van der Waals surface area contributed by atoms with Crippen molar-refractivity contribution in [2.24, 2.45) is 0 Å². The van der Waals surface area contributed by atoms with Crippen molar-refractivity contribution in [3.63, 3.8) is 0 Å². The number of ether oxygens (including phenoxy) is 1. The first-order chi connectivity index (χ1) is 12.8. The van der Waals surface area contributed by atoms with Crippen LogP contribution in [0.3, 0.4) is 0 Å². The van der Waals surface area contributed by atoms with E-state index in [0.717, 1.165) is 5.56 Å². The van der Waals surface area contributed by atoms with Crippen LogP contribution in [0.2, 0.25) is 0 Å². The van der Waals surface area contributed by atoms with Crippen molar-refractivity contribution in [3.05, 3.63) is 62.5 Å².